The fourth-order valence-corrected chi connectivity index (χ4v) is 2.77. The zero-order valence-electron chi connectivity index (χ0n) is 10.6. The first-order chi connectivity index (χ1) is 8.60. The van der Waals surface area contributed by atoms with Crippen LogP contribution >= 0.6 is 11.3 Å². The highest BCUT2D eigenvalue weighted by Gasteiger charge is 2.28. The maximum atomic E-state index is 12.2. The van der Waals surface area contributed by atoms with Crippen molar-refractivity contribution in [2.75, 3.05) is 6.54 Å². The van der Waals surface area contributed by atoms with E-state index in [1.165, 1.54) is 0 Å². The van der Waals surface area contributed by atoms with E-state index in [1.54, 1.807) is 16.2 Å². The van der Waals surface area contributed by atoms with Crippen molar-refractivity contribution in [3.8, 4) is 0 Å². The summed E-state index contributed by atoms with van der Waals surface area (Å²) >= 11 is 1.59. The van der Waals surface area contributed by atoms with Crippen molar-refractivity contribution in [2.45, 2.75) is 39.3 Å². The lowest BCUT2D eigenvalue weighted by Crippen LogP contribution is -2.43. The molecule has 1 aliphatic heterocycles. The standard InChI is InChI=1S/C12H17N3O2S/c1-3-9-12(17)15(5-4-10(16)14-9)7-11-13-6-8(2)18-11/h6,9H,3-5,7H2,1-2H3,(H,14,16). The molecule has 2 amide bonds. The Labute approximate surface area is 110 Å². The third-order valence-electron chi connectivity index (χ3n) is 2.96. The predicted octanol–water partition coefficient (Wildman–Crippen LogP) is 1.08. The van der Waals surface area contributed by atoms with Crippen molar-refractivity contribution in [1.82, 2.24) is 15.2 Å². The number of hydrogen-bond donors (Lipinski definition) is 1. The Kier molecular flexibility index (Phi) is 3.96. The van der Waals surface area contributed by atoms with Gasteiger partial charge < -0.3 is 10.2 Å². The molecule has 0 aromatic carbocycles. The first kappa shape index (κ1) is 13.0. The van der Waals surface area contributed by atoms with Crippen LogP contribution in [-0.2, 0) is 16.1 Å². The number of nitrogens with one attached hydrogen (secondary N) is 1. The molecule has 98 valence electrons. The lowest BCUT2D eigenvalue weighted by atomic mass is 10.2. The SMILES string of the molecule is CCC1NC(=O)CCN(Cc2ncc(C)s2)C1=O. The second-order valence-corrected chi connectivity index (χ2v) is 5.72. The minimum Gasteiger partial charge on any atom is -0.344 e. The van der Waals surface area contributed by atoms with E-state index >= 15 is 0 Å². The van der Waals surface area contributed by atoms with E-state index in [0.717, 1.165) is 9.88 Å². The Morgan fingerprint density at radius 1 is 1.56 bits per heavy atom. The molecule has 1 aliphatic rings. The first-order valence-electron chi connectivity index (χ1n) is 6.09. The van der Waals surface area contributed by atoms with Gasteiger partial charge >= 0.3 is 0 Å². The summed E-state index contributed by atoms with van der Waals surface area (Å²) < 4.78 is 0. The van der Waals surface area contributed by atoms with Crippen LogP contribution in [0.1, 0.15) is 29.7 Å². The number of rotatable bonds is 3. The van der Waals surface area contributed by atoms with E-state index in [1.807, 2.05) is 20.0 Å². The molecule has 1 saturated heterocycles. The average molecular weight is 267 g/mol. The highest BCUT2D eigenvalue weighted by molar-refractivity contribution is 7.11. The number of amides is 2. The molecule has 0 bridgehead atoms. The average Bonchev–Trinajstić information content (AvgIpc) is 2.70. The quantitative estimate of drug-likeness (QED) is 0.891. The molecule has 1 aromatic heterocycles. The van der Waals surface area contributed by atoms with Gasteiger partial charge in [0.05, 0.1) is 6.54 Å². The zero-order chi connectivity index (χ0) is 13.1. The van der Waals surface area contributed by atoms with Crippen molar-refractivity contribution in [3.63, 3.8) is 0 Å². The number of carbonyl (C=O) groups excluding carboxylic acids is 2. The highest BCUT2D eigenvalue weighted by Crippen LogP contribution is 2.16. The summed E-state index contributed by atoms with van der Waals surface area (Å²) in [5, 5.41) is 3.67. The first-order valence-corrected chi connectivity index (χ1v) is 6.91. The van der Waals surface area contributed by atoms with Gasteiger partial charge in [-0.2, -0.15) is 0 Å². The van der Waals surface area contributed by atoms with Crippen molar-refractivity contribution >= 4 is 23.2 Å². The maximum absolute atomic E-state index is 12.2. The molecule has 18 heavy (non-hydrogen) atoms. The number of aryl methyl sites for hydroxylation is 1. The van der Waals surface area contributed by atoms with Crippen molar-refractivity contribution in [1.29, 1.82) is 0 Å². The molecule has 6 heteroatoms. The molecule has 1 unspecified atom stereocenters. The highest BCUT2D eigenvalue weighted by atomic mass is 32.1. The molecule has 2 heterocycles. The summed E-state index contributed by atoms with van der Waals surface area (Å²) in [5.41, 5.74) is 0. The lowest BCUT2D eigenvalue weighted by Gasteiger charge is -2.22. The minimum atomic E-state index is -0.388. The molecule has 0 aliphatic carbocycles. The molecule has 0 radical (unpaired) electrons. The number of carbonyl (C=O) groups is 2. The Hall–Kier alpha value is -1.43. The molecule has 0 saturated carbocycles. The molecular weight excluding hydrogens is 250 g/mol. The zero-order valence-corrected chi connectivity index (χ0v) is 11.4. The fraction of sp³-hybridized carbons (Fsp3) is 0.583. The fourth-order valence-electron chi connectivity index (χ4n) is 1.97. The van der Waals surface area contributed by atoms with Crippen LogP contribution in [0.3, 0.4) is 0 Å². The van der Waals surface area contributed by atoms with Crippen LogP contribution in [0.25, 0.3) is 0 Å². The Balaban J connectivity index is 2.10. The minimum absolute atomic E-state index is 0.00352. The maximum Gasteiger partial charge on any atom is 0.245 e. The largest absolute Gasteiger partial charge is 0.344 e. The van der Waals surface area contributed by atoms with Gasteiger partial charge in [0, 0.05) is 24.0 Å². The molecule has 1 fully saturated rings. The van der Waals surface area contributed by atoms with Gasteiger partial charge in [-0.3, -0.25) is 9.59 Å². The summed E-state index contributed by atoms with van der Waals surface area (Å²) in [7, 11) is 0. The van der Waals surface area contributed by atoms with Crippen LogP contribution < -0.4 is 5.32 Å². The van der Waals surface area contributed by atoms with Gasteiger partial charge in [-0.25, -0.2) is 4.98 Å². The van der Waals surface area contributed by atoms with Gasteiger partial charge in [-0.1, -0.05) is 6.92 Å². The molecular formula is C12H17N3O2S. The predicted molar refractivity (Wildman–Crippen MR) is 69.1 cm³/mol. The molecule has 1 atom stereocenters. The Morgan fingerprint density at radius 3 is 2.94 bits per heavy atom. The van der Waals surface area contributed by atoms with Gasteiger partial charge in [0.15, 0.2) is 0 Å². The van der Waals surface area contributed by atoms with E-state index in [4.69, 9.17) is 0 Å². The van der Waals surface area contributed by atoms with Crippen LogP contribution in [0, 0.1) is 6.92 Å². The molecule has 2 rings (SSSR count). The van der Waals surface area contributed by atoms with E-state index in [9.17, 15) is 9.59 Å². The normalized spacial score (nSPS) is 20.8. The van der Waals surface area contributed by atoms with E-state index < -0.39 is 0 Å². The lowest BCUT2D eigenvalue weighted by molar-refractivity contribution is -0.134. The van der Waals surface area contributed by atoms with Crippen LogP contribution in [0.5, 0.6) is 0 Å². The summed E-state index contributed by atoms with van der Waals surface area (Å²) in [6.07, 6.45) is 2.80. The Morgan fingerprint density at radius 2 is 2.33 bits per heavy atom. The number of aromatic nitrogens is 1. The summed E-state index contributed by atoms with van der Waals surface area (Å²) in [6, 6.07) is -0.388. The van der Waals surface area contributed by atoms with E-state index in [-0.39, 0.29) is 17.9 Å². The molecule has 1 aromatic rings. The number of nitrogens with zero attached hydrogens (tertiary/aromatic N) is 2. The van der Waals surface area contributed by atoms with Gasteiger partial charge in [0.2, 0.25) is 11.8 Å². The van der Waals surface area contributed by atoms with E-state index in [0.29, 0.717) is 25.9 Å². The summed E-state index contributed by atoms with van der Waals surface area (Å²) in [6.45, 7) is 4.87. The van der Waals surface area contributed by atoms with Crippen LogP contribution in [0.15, 0.2) is 6.20 Å². The van der Waals surface area contributed by atoms with Crippen molar-refractivity contribution in [2.24, 2.45) is 0 Å². The van der Waals surface area contributed by atoms with Gasteiger partial charge in [-0.05, 0) is 13.3 Å². The van der Waals surface area contributed by atoms with Crippen molar-refractivity contribution < 1.29 is 9.59 Å². The van der Waals surface area contributed by atoms with Crippen molar-refractivity contribution in [3.05, 3.63) is 16.1 Å². The second kappa shape index (κ2) is 5.48. The van der Waals surface area contributed by atoms with Crippen LogP contribution in [0.4, 0.5) is 0 Å². The van der Waals surface area contributed by atoms with E-state index in [2.05, 4.69) is 10.3 Å². The third kappa shape index (κ3) is 2.87. The van der Waals surface area contributed by atoms with Gasteiger partial charge in [-0.15, -0.1) is 11.3 Å². The summed E-state index contributed by atoms with van der Waals surface area (Å²) in [5.74, 6) is -0.0516. The molecule has 5 nitrogen and oxygen atoms in total. The second-order valence-electron chi connectivity index (χ2n) is 4.40. The molecule has 1 N–H and O–H groups in total. The van der Waals surface area contributed by atoms with Crippen LogP contribution in [0.2, 0.25) is 0 Å². The third-order valence-corrected chi connectivity index (χ3v) is 3.85. The topological polar surface area (TPSA) is 62.3 Å². The Bertz CT molecular complexity index is 458. The van der Waals surface area contributed by atoms with Gasteiger partial charge in [0.25, 0.3) is 0 Å². The summed E-state index contributed by atoms with van der Waals surface area (Å²) in [4.78, 5) is 30.8. The van der Waals surface area contributed by atoms with Gasteiger partial charge in [0.1, 0.15) is 11.0 Å². The number of thiazole rings is 1. The monoisotopic (exact) mass is 267 g/mol. The molecule has 0 spiro atoms. The smallest absolute Gasteiger partial charge is 0.245 e. The van der Waals surface area contributed by atoms with Crippen LogP contribution in [-0.4, -0.2) is 34.3 Å². The number of hydrogen-bond acceptors (Lipinski definition) is 4.